The third kappa shape index (κ3) is 3.57. The van der Waals surface area contributed by atoms with Crippen LogP contribution >= 0.6 is 0 Å². The topological polar surface area (TPSA) is 70.1 Å². The summed E-state index contributed by atoms with van der Waals surface area (Å²) >= 11 is 0. The highest BCUT2D eigenvalue weighted by Gasteiger charge is 2.23. The van der Waals surface area contributed by atoms with Crippen molar-refractivity contribution in [3.63, 3.8) is 0 Å². The van der Waals surface area contributed by atoms with E-state index >= 15 is 0 Å². The Kier molecular flexibility index (Phi) is 4.64. The molecule has 0 bridgehead atoms. The Labute approximate surface area is 157 Å². The Balaban J connectivity index is 1.63. The standard InChI is InChI=1S/C21H22N4O2/c1-15-6-5-9-17(12-15)25-19-18(20(26)23-21(25)27)13-24(14-22-19)11-10-16-7-3-2-4-8-16/h2-9,12,22H,10-11,13-14H2,1H3,(H,23,26,27). The fourth-order valence-electron chi connectivity index (χ4n) is 3.47. The number of benzene rings is 2. The summed E-state index contributed by atoms with van der Waals surface area (Å²) in [7, 11) is 0. The highest BCUT2D eigenvalue weighted by molar-refractivity contribution is 5.52. The van der Waals surface area contributed by atoms with Crippen LogP contribution in [0.3, 0.4) is 0 Å². The predicted octanol–water partition coefficient (Wildman–Crippen LogP) is 2.26. The molecular weight excluding hydrogens is 340 g/mol. The normalized spacial score (nSPS) is 13.8. The summed E-state index contributed by atoms with van der Waals surface area (Å²) in [5.41, 5.74) is 2.92. The molecule has 1 aliphatic heterocycles. The summed E-state index contributed by atoms with van der Waals surface area (Å²) < 4.78 is 1.55. The molecule has 6 heteroatoms. The van der Waals surface area contributed by atoms with Gasteiger partial charge in [-0.2, -0.15) is 0 Å². The number of aromatic amines is 1. The van der Waals surface area contributed by atoms with Crippen LogP contribution in [-0.4, -0.2) is 27.7 Å². The number of aryl methyl sites for hydroxylation is 1. The fraction of sp³-hybridized carbons (Fsp3) is 0.238. The number of hydrogen-bond acceptors (Lipinski definition) is 4. The first-order valence-electron chi connectivity index (χ1n) is 9.07. The third-order valence-electron chi connectivity index (χ3n) is 4.88. The molecule has 4 rings (SSSR count). The highest BCUT2D eigenvalue weighted by Crippen LogP contribution is 2.21. The van der Waals surface area contributed by atoms with E-state index in [-0.39, 0.29) is 5.56 Å². The number of fused-ring (bicyclic) bond motifs is 1. The van der Waals surface area contributed by atoms with E-state index in [1.807, 2.05) is 49.4 Å². The first kappa shape index (κ1) is 17.3. The van der Waals surface area contributed by atoms with Gasteiger partial charge in [0.1, 0.15) is 5.82 Å². The molecule has 2 heterocycles. The van der Waals surface area contributed by atoms with Crippen molar-refractivity contribution in [2.24, 2.45) is 0 Å². The zero-order chi connectivity index (χ0) is 18.8. The Morgan fingerprint density at radius 2 is 1.85 bits per heavy atom. The number of anilines is 1. The smallest absolute Gasteiger partial charge is 0.334 e. The van der Waals surface area contributed by atoms with Gasteiger partial charge in [-0.05, 0) is 36.6 Å². The van der Waals surface area contributed by atoms with E-state index in [2.05, 4.69) is 27.3 Å². The van der Waals surface area contributed by atoms with E-state index in [9.17, 15) is 9.59 Å². The van der Waals surface area contributed by atoms with Crippen LogP contribution in [0.15, 0.2) is 64.2 Å². The van der Waals surface area contributed by atoms with Gasteiger partial charge in [-0.25, -0.2) is 9.36 Å². The Bertz CT molecular complexity index is 1070. The summed E-state index contributed by atoms with van der Waals surface area (Å²) in [5.74, 6) is 0.588. The largest absolute Gasteiger partial charge is 0.358 e. The Morgan fingerprint density at radius 3 is 2.63 bits per heavy atom. The monoisotopic (exact) mass is 362 g/mol. The molecule has 0 aliphatic carbocycles. The van der Waals surface area contributed by atoms with Gasteiger partial charge in [0.2, 0.25) is 0 Å². The molecule has 3 aromatic rings. The van der Waals surface area contributed by atoms with Gasteiger partial charge in [0.25, 0.3) is 5.56 Å². The number of nitrogens with zero attached hydrogens (tertiary/aromatic N) is 2. The lowest BCUT2D eigenvalue weighted by atomic mass is 10.1. The molecule has 0 saturated carbocycles. The first-order valence-corrected chi connectivity index (χ1v) is 9.07. The lowest BCUT2D eigenvalue weighted by molar-refractivity contribution is 0.275. The van der Waals surface area contributed by atoms with Crippen LogP contribution in [0.4, 0.5) is 5.82 Å². The maximum atomic E-state index is 12.5. The predicted molar refractivity (Wildman–Crippen MR) is 106 cm³/mol. The van der Waals surface area contributed by atoms with E-state index < -0.39 is 5.69 Å². The van der Waals surface area contributed by atoms with Crippen molar-refractivity contribution in [1.82, 2.24) is 14.5 Å². The van der Waals surface area contributed by atoms with Gasteiger partial charge in [-0.3, -0.25) is 14.7 Å². The molecule has 27 heavy (non-hydrogen) atoms. The van der Waals surface area contributed by atoms with Gasteiger partial charge in [-0.1, -0.05) is 42.5 Å². The van der Waals surface area contributed by atoms with Crippen molar-refractivity contribution in [2.45, 2.75) is 19.9 Å². The van der Waals surface area contributed by atoms with Gasteiger partial charge in [-0.15, -0.1) is 0 Å². The molecule has 0 unspecified atom stereocenters. The van der Waals surface area contributed by atoms with Gasteiger partial charge >= 0.3 is 5.69 Å². The summed E-state index contributed by atoms with van der Waals surface area (Å²) in [6, 6.07) is 18.0. The third-order valence-corrected chi connectivity index (χ3v) is 4.88. The minimum Gasteiger partial charge on any atom is -0.358 e. The van der Waals surface area contributed by atoms with Gasteiger partial charge in [0.05, 0.1) is 17.9 Å². The van der Waals surface area contributed by atoms with Crippen molar-refractivity contribution in [3.8, 4) is 5.69 Å². The number of rotatable bonds is 4. The van der Waals surface area contributed by atoms with E-state index in [4.69, 9.17) is 0 Å². The van der Waals surface area contributed by atoms with Crippen molar-refractivity contribution >= 4 is 5.82 Å². The second kappa shape index (κ2) is 7.25. The summed E-state index contributed by atoms with van der Waals surface area (Å²) in [4.78, 5) is 29.5. The quantitative estimate of drug-likeness (QED) is 0.747. The van der Waals surface area contributed by atoms with E-state index in [1.54, 1.807) is 4.57 Å². The van der Waals surface area contributed by atoms with Crippen LogP contribution in [0.2, 0.25) is 0 Å². The fourth-order valence-corrected chi connectivity index (χ4v) is 3.47. The molecule has 138 valence electrons. The molecule has 0 atom stereocenters. The second-order valence-electron chi connectivity index (χ2n) is 6.88. The van der Waals surface area contributed by atoms with Crippen molar-refractivity contribution in [2.75, 3.05) is 18.5 Å². The lowest BCUT2D eigenvalue weighted by Crippen LogP contribution is -2.43. The van der Waals surface area contributed by atoms with Crippen LogP contribution in [-0.2, 0) is 13.0 Å². The van der Waals surface area contributed by atoms with Crippen molar-refractivity contribution < 1.29 is 0 Å². The average molecular weight is 362 g/mol. The SMILES string of the molecule is Cc1cccc(-n2c3c(c(=O)[nH]c2=O)CN(CCc2ccccc2)CN3)c1. The van der Waals surface area contributed by atoms with Crippen LogP contribution in [0.5, 0.6) is 0 Å². The number of hydrogen-bond donors (Lipinski definition) is 2. The van der Waals surface area contributed by atoms with Gasteiger partial charge in [0, 0.05) is 13.1 Å². The van der Waals surface area contributed by atoms with Crippen LogP contribution in [0.25, 0.3) is 5.69 Å². The minimum absolute atomic E-state index is 0.323. The van der Waals surface area contributed by atoms with Crippen molar-refractivity contribution in [1.29, 1.82) is 0 Å². The summed E-state index contributed by atoms with van der Waals surface area (Å²) in [6.45, 7) is 3.91. The Hall–Kier alpha value is -3.12. The summed E-state index contributed by atoms with van der Waals surface area (Å²) in [6.07, 6.45) is 0.910. The summed E-state index contributed by atoms with van der Waals surface area (Å²) in [5, 5.41) is 3.29. The zero-order valence-electron chi connectivity index (χ0n) is 15.2. The molecule has 6 nitrogen and oxygen atoms in total. The highest BCUT2D eigenvalue weighted by atomic mass is 16.2. The zero-order valence-corrected chi connectivity index (χ0v) is 15.2. The Morgan fingerprint density at radius 1 is 1.04 bits per heavy atom. The molecule has 0 radical (unpaired) electrons. The lowest BCUT2D eigenvalue weighted by Gasteiger charge is -2.30. The van der Waals surface area contributed by atoms with Gasteiger partial charge in [0.15, 0.2) is 0 Å². The average Bonchev–Trinajstić information content (AvgIpc) is 2.67. The number of nitrogens with one attached hydrogen (secondary N) is 2. The van der Waals surface area contributed by atoms with Crippen LogP contribution in [0.1, 0.15) is 16.7 Å². The van der Waals surface area contributed by atoms with Crippen molar-refractivity contribution in [3.05, 3.63) is 92.1 Å². The minimum atomic E-state index is -0.422. The molecule has 0 saturated heterocycles. The number of H-pyrrole nitrogens is 1. The molecule has 2 N–H and O–H groups in total. The maximum absolute atomic E-state index is 12.5. The molecule has 0 amide bonds. The van der Waals surface area contributed by atoms with E-state index in [1.165, 1.54) is 5.56 Å². The molecule has 2 aromatic carbocycles. The van der Waals surface area contributed by atoms with E-state index in [0.717, 1.165) is 24.2 Å². The van der Waals surface area contributed by atoms with Gasteiger partial charge < -0.3 is 5.32 Å². The maximum Gasteiger partial charge on any atom is 0.334 e. The van der Waals surface area contributed by atoms with Crippen LogP contribution < -0.4 is 16.6 Å². The second-order valence-corrected chi connectivity index (χ2v) is 6.88. The number of aromatic nitrogens is 2. The molecular formula is C21H22N4O2. The molecule has 0 spiro atoms. The van der Waals surface area contributed by atoms with Crippen LogP contribution in [0, 0.1) is 6.92 Å². The molecule has 1 aliphatic rings. The van der Waals surface area contributed by atoms with E-state index in [0.29, 0.717) is 24.6 Å². The molecule has 0 fully saturated rings. The molecule has 1 aromatic heterocycles. The first-order chi connectivity index (χ1) is 13.1.